The topological polar surface area (TPSA) is 40.5 Å². The van der Waals surface area contributed by atoms with Crippen molar-refractivity contribution in [2.75, 3.05) is 13.1 Å². The highest BCUT2D eigenvalue weighted by molar-refractivity contribution is 5.79. The number of hydrogen-bond acceptors (Lipinski definition) is 2. The molecule has 0 amide bonds. The van der Waals surface area contributed by atoms with E-state index in [1.54, 1.807) is 0 Å². The number of carboxylic acids is 1. The Kier molecular flexibility index (Phi) is 1.88. The lowest BCUT2D eigenvalue weighted by Gasteiger charge is -2.47. The molecule has 2 rings (SSSR count). The summed E-state index contributed by atoms with van der Waals surface area (Å²) in [4.78, 5) is 13.3. The maximum Gasteiger partial charge on any atom is 0.324 e. The number of likely N-dealkylation sites (tertiary alicyclic amines) is 1. The Labute approximate surface area is 78.7 Å². The molecule has 0 aromatic carbocycles. The molecule has 3 nitrogen and oxygen atoms in total. The molecule has 1 N–H and O–H groups in total. The van der Waals surface area contributed by atoms with E-state index in [4.69, 9.17) is 0 Å². The van der Waals surface area contributed by atoms with Crippen molar-refractivity contribution in [1.82, 2.24) is 4.90 Å². The van der Waals surface area contributed by atoms with Crippen molar-refractivity contribution in [3.8, 4) is 0 Å². The van der Waals surface area contributed by atoms with Gasteiger partial charge in [-0.15, -0.1) is 0 Å². The minimum absolute atomic E-state index is 0.400. The molecule has 2 aliphatic rings. The summed E-state index contributed by atoms with van der Waals surface area (Å²) in [6, 6.07) is 0. The monoisotopic (exact) mass is 183 g/mol. The molecule has 1 unspecified atom stereocenters. The zero-order valence-corrected chi connectivity index (χ0v) is 8.29. The van der Waals surface area contributed by atoms with Crippen LogP contribution in [0.25, 0.3) is 0 Å². The van der Waals surface area contributed by atoms with Gasteiger partial charge < -0.3 is 5.11 Å². The van der Waals surface area contributed by atoms with Crippen molar-refractivity contribution in [1.29, 1.82) is 0 Å². The molecular weight excluding hydrogens is 166 g/mol. The zero-order chi connectivity index (χ0) is 9.64. The van der Waals surface area contributed by atoms with Crippen LogP contribution in [-0.4, -0.2) is 34.6 Å². The van der Waals surface area contributed by atoms with Gasteiger partial charge in [0.15, 0.2) is 0 Å². The van der Waals surface area contributed by atoms with Gasteiger partial charge >= 0.3 is 5.97 Å². The van der Waals surface area contributed by atoms with Gasteiger partial charge in [0.25, 0.3) is 0 Å². The number of nitrogens with zero attached hydrogens (tertiary/aromatic N) is 1. The molecule has 1 saturated carbocycles. The normalized spacial score (nSPS) is 29.4. The molecule has 1 aliphatic heterocycles. The van der Waals surface area contributed by atoms with Gasteiger partial charge in [0.2, 0.25) is 0 Å². The van der Waals surface area contributed by atoms with E-state index in [0.29, 0.717) is 11.8 Å². The summed E-state index contributed by atoms with van der Waals surface area (Å²) in [6.45, 7) is 5.98. The quantitative estimate of drug-likeness (QED) is 0.714. The summed E-state index contributed by atoms with van der Waals surface area (Å²) in [5.74, 6) is 0.442. The molecule has 2 fully saturated rings. The first-order valence-corrected chi connectivity index (χ1v) is 5.03. The molecule has 1 atom stereocenters. The van der Waals surface area contributed by atoms with Crippen LogP contribution in [0, 0.1) is 11.8 Å². The first-order valence-electron chi connectivity index (χ1n) is 5.03. The van der Waals surface area contributed by atoms with Crippen LogP contribution >= 0.6 is 0 Å². The minimum atomic E-state index is -0.637. The fraction of sp³-hybridized carbons (Fsp3) is 0.900. The largest absolute Gasteiger partial charge is 0.480 e. The lowest BCUT2D eigenvalue weighted by molar-refractivity contribution is -0.157. The summed E-state index contributed by atoms with van der Waals surface area (Å²) in [7, 11) is 0. The average Bonchev–Trinajstić information content (AvgIpc) is 2.79. The first-order chi connectivity index (χ1) is 6.05. The lowest BCUT2D eigenvalue weighted by Crippen LogP contribution is -2.62. The molecule has 0 spiro atoms. The van der Waals surface area contributed by atoms with E-state index >= 15 is 0 Å². The third kappa shape index (κ3) is 1.26. The number of aliphatic carboxylic acids is 1. The third-order valence-corrected chi connectivity index (χ3v) is 3.53. The predicted octanol–water partition coefficient (Wildman–Crippen LogP) is 1.19. The maximum absolute atomic E-state index is 11.2. The summed E-state index contributed by atoms with van der Waals surface area (Å²) >= 11 is 0. The number of hydrogen-bond donors (Lipinski definition) is 1. The van der Waals surface area contributed by atoms with Gasteiger partial charge in [-0.3, -0.25) is 9.69 Å². The van der Waals surface area contributed by atoms with E-state index in [2.05, 4.69) is 11.8 Å². The van der Waals surface area contributed by atoms with Crippen LogP contribution in [0.2, 0.25) is 0 Å². The number of carboxylic acid groups (broad SMARTS) is 1. The number of carbonyl (C=O) groups is 1. The van der Waals surface area contributed by atoms with E-state index in [9.17, 15) is 9.90 Å². The highest BCUT2D eigenvalue weighted by Gasteiger charge is 2.53. The molecule has 0 radical (unpaired) electrons. The van der Waals surface area contributed by atoms with Crippen molar-refractivity contribution >= 4 is 5.97 Å². The summed E-state index contributed by atoms with van der Waals surface area (Å²) < 4.78 is 0. The van der Waals surface area contributed by atoms with Crippen LogP contribution in [0.1, 0.15) is 26.7 Å². The van der Waals surface area contributed by atoms with Crippen LogP contribution in [0.5, 0.6) is 0 Å². The Morgan fingerprint density at radius 2 is 2.00 bits per heavy atom. The van der Waals surface area contributed by atoms with Gasteiger partial charge in [-0.25, -0.2) is 0 Å². The Morgan fingerprint density at radius 1 is 1.46 bits per heavy atom. The second-order valence-electron chi connectivity index (χ2n) is 4.74. The Hall–Kier alpha value is -0.570. The highest BCUT2D eigenvalue weighted by atomic mass is 16.4. The number of rotatable bonds is 3. The highest BCUT2D eigenvalue weighted by Crippen LogP contribution is 2.45. The third-order valence-electron chi connectivity index (χ3n) is 3.53. The van der Waals surface area contributed by atoms with Gasteiger partial charge in [-0.05, 0) is 31.6 Å². The molecule has 3 heteroatoms. The van der Waals surface area contributed by atoms with E-state index in [1.165, 1.54) is 0 Å². The Bertz CT molecular complexity index is 231. The van der Waals surface area contributed by atoms with Gasteiger partial charge in [-0.2, -0.15) is 0 Å². The SMILES string of the molecule is CC1CN(C(C)(C(=O)O)C2CC2)C1. The molecule has 74 valence electrons. The van der Waals surface area contributed by atoms with Crippen molar-refractivity contribution in [2.24, 2.45) is 11.8 Å². The first kappa shape index (κ1) is 9.00. The Balaban J connectivity index is 2.09. The molecule has 0 bridgehead atoms. The van der Waals surface area contributed by atoms with Crippen molar-refractivity contribution in [3.05, 3.63) is 0 Å². The van der Waals surface area contributed by atoms with Gasteiger partial charge in [-0.1, -0.05) is 6.92 Å². The Morgan fingerprint density at radius 3 is 2.31 bits per heavy atom. The van der Waals surface area contributed by atoms with Gasteiger partial charge in [0.1, 0.15) is 5.54 Å². The van der Waals surface area contributed by atoms with Crippen molar-refractivity contribution in [3.63, 3.8) is 0 Å². The standard InChI is InChI=1S/C10H17NO2/c1-7-5-11(6-7)10(2,9(12)13)8-3-4-8/h7-8H,3-6H2,1-2H3,(H,12,13). The maximum atomic E-state index is 11.2. The summed E-state index contributed by atoms with van der Waals surface area (Å²) in [6.07, 6.45) is 2.18. The average molecular weight is 183 g/mol. The van der Waals surface area contributed by atoms with E-state index in [-0.39, 0.29) is 0 Å². The lowest BCUT2D eigenvalue weighted by atomic mass is 9.87. The van der Waals surface area contributed by atoms with E-state index < -0.39 is 11.5 Å². The molecule has 0 aromatic heterocycles. The van der Waals surface area contributed by atoms with Gasteiger partial charge in [0.05, 0.1) is 0 Å². The van der Waals surface area contributed by atoms with Gasteiger partial charge in [0, 0.05) is 13.1 Å². The minimum Gasteiger partial charge on any atom is -0.480 e. The van der Waals surface area contributed by atoms with Crippen molar-refractivity contribution in [2.45, 2.75) is 32.2 Å². The molecule has 1 heterocycles. The predicted molar refractivity (Wildman–Crippen MR) is 49.5 cm³/mol. The zero-order valence-electron chi connectivity index (χ0n) is 8.29. The molecule has 1 aliphatic carbocycles. The summed E-state index contributed by atoms with van der Waals surface area (Å²) in [5.41, 5.74) is -0.563. The van der Waals surface area contributed by atoms with Crippen LogP contribution in [0.3, 0.4) is 0 Å². The fourth-order valence-corrected chi connectivity index (χ4v) is 2.29. The molecule has 1 saturated heterocycles. The smallest absolute Gasteiger partial charge is 0.324 e. The second-order valence-corrected chi connectivity index (χ2v) is 4.74. The van der Waals surface area contributed by atoms with E-state index in [0.717, 1.165) is 25.9 Å². The van der Waals surface area contributed by atoms with Crippen LogP contribution in [0.4, 0.5) is 0 Å². The fourth-order valence-electron chi connectivity index (χ4n) is 2.29. The molecule has 13 heavy (non-hydrogen) atoms. The van der Waals surface area contributed by atoms with Crippen LogP contribution < -0.4 is 0 Å². The summed E-state index contributed by atoms with van der Waals surface area (Å²) in [5, 5.41) is 9.22. The second kappa shape index (κ2) is 2.71. The molecular formula is C10H17NO2. The van der Waals surface area contributed by atoms with Crippen LogP contribution in [-0.2, 0) is 4.79 Å². The van der Waals surface area contributed by atoms with Crippen molar-refractivity contribution < 1.29 is 9.90 Å². The molecule has 0 aromatic rings. The van der Waals surface area contributed by atoms with E-state index in [1.807, 2.05) is 6.92 Å². The van der Waals surface area contributed by atoms with Crippen LogP contribution in [0.15, 0.2) is 0 Å².